The van der Waals surface area contributed by atoms with Crippen LogP contribution in [-0.2, 0) is 4.79 Å². The van der Waals surface area contributed by atoms with E-state index in [1.54, 1.807) is 12.1 Å². The molecule has 1 saturated carbocycles. The van der Waals surface area contributed by atoms with Crippen LogP contribution in [0.4, 0.5) is 0 Å². The quantitative estimate of drug-likeness (QED) is 0.668. The fourth-order valence-electron chi connectivity index (χ4n) is 5.45. The Morgan fingerprint density at radius 3 is 2.40 bits per heavy atom. The second kappa shape index (κ2) is 10.1. The Morgan fingerprint density at radius 1 is 1.00 bits per heavy atom. The molecule has 2 heterocycles. The lowest BCUT2D eigenvalue weighted by atomic mass is 9.92. The number of carbonyl (C=O) groups is 1. The Bertz CT molecular complexity index is 731. The molecule has 4 rings (SSSR count). The van der Waals surface area contributed by atoms with Crippen LogP contribution in [0.15, 0.2) is 18.2 Å². The number of rotatable bonds is 6. The SMILES string of the molecule is O=C(O)[C@@H]1CCC[C@@H]1N1CCC(CN2CCC(Oc3ccc(Cl)c(Cl)c3)CC2)CC1. The molecule has 2 saturated heterocycles. The molecule has 0 radical (unpaired) electrons. The van der Waals surface area contributed by atoms with Crippen molar-refractivity contribution in [2.75, 3.05) is 32.7 Å². The smallest absolute Gasteiger partial charge is 0.308 e. The van der Waals surface area contributed by atoms with Gasteiger partial charge in [-0.05, 0) is 69.7 Å². The lowest BCUT2D eigenvalue weighted by Crippen LogP contribution is -2.47. The molecule has 5 nitrogen and oxygen atoms in total. The molecule has 0 spiro atoms. The fraction of sp³-hybridized carbons (Fsp3) is 0.696. The normalized spacial score (nSPS) is 27.4. The highest BCUT2D eigenvalue weighted by atomic mass is 35.5. The number of carboxylic acid groups (broad SMARTS) is 1. The van der Waals surface area contributed by atoms with Crippen LogP contribution in [0.3, 0.4) is 0 Å². The Kier molecular flexibility index (Phi) is 7.45. The average Bonchev–Trinajstić information content (AvgIpc) is 3.23. The summed E-state index contributed by atoms with van der Waals surface area (Å²) in [6.07, 6.45) is 7.61. The van der Waals surface area contributed by atoms with Gasteiger partial charge in [0.15, 0.2) is 0 Å². The van der Waals surface area contributed by atoms with Crippen molar-refractivity contribution in [2.24, 2.45) is 11.8 Å². The fourth-order valence-corrected chi connectivity index (χ4v) is 5.74. The molecule has 30 heavy (non-hydrogen) atoms. The maximum absolute atomic E-state index is 11.5. The van der Waals surface area contributed by atoms with Crippen molar-refractivity contribution in [2.45, 2.75) is 57.1 Å². The molecule has 1 N–H and O–H groups in total. The van der Waals surface area contributed by atoms with Gasteiger partial charge in [-0.1, -0.05) is 29.6 Å². The van der Waals surface area contributed by atoms with Gasteiger partial charge in [0.25, 0.3) is 0 Å². The standard InChI is InChI=1S/C23H32Cl2N2O3/c24-20-5-4-18(14-21(20)25)30-17-8-10-26(11-9-17)15-16-6-12-27(13-7-16)22-3-1-2-19(22)23(28)29/h4-5,14,16-17,19,22H,1-3,6-13,15H2,(H,28,29)/t19-,22+/m1/s1. The van der Waals surface area contributed by atoms with Crippen LogP contribution in [0, 0.1) is 11.8 Å². The minimum Gasteiger partial charge on any atom is -0.490 e. The number of piperidine rings is 2. The molecule has 0 unspecified atom stereocenters. The number of likely N-dealkylation sites (tertiary alicyclic amines) is 2. The predicted molar refractivity (Wildman–Crippen MR) is 120 cm³/mol. The summed E-state index contributed by atoms with van der Waals surface area (Å²) >= 11 is 12.1. The first-order valence-corrected chi connectivity index (χ1v) is 12.1. The number of hydrogen-bond acceptors (Lipinski definition) is 4. The van der Waals surface area contributed by atoms with Gasteiger partial charge in [0.05, 0.1) is 16.0 Å². The maximum atomic E-state index is 11.5. The number of ether oxygens (including phenoxy) is 1. The average molecular weight is 455 g/mol. The van der Waals surface area contributed by atoms with Crippen LogP contribution in [-0.4, -0.2) is 65.7 Å². The van der Waals surface area contributed by atoms with Crippen LogP contribution < -0.4 is 4.74 Å². The first-order chi connectivity index (χ1) is 14.5. The molecule has 1 aromatic rings. The molecule has 2 aliphatic heterocycles. The Labute approximate surface area is 189 Å². The summed E-state index contributed by atoms with van der Waals surface area (Å²) in [7, 11) is 0. The van der Waals surface area contributed by atoms with E-state index in [0.29, 0.717) is 10.0 Å². The van der Waals surface area contributed by atoms with Crippen molar-refractivity contribution in [1.29, 1.82) is 0 Å². The largest absolute Gasteiger partial charge is 0.490 e. The van der Waals surface area contributed by atoms with Crippen LogP contribution in [0.2, 0.25) is 10.0 Å². The van der Waals surface area contributed by atoms with E-state index >= 15 is 0 Å². The first kappa shape index (κ1) is 22.2. The van der Waals surface area contributed by atoms with Gasteiger partial charge in [-0.2, -0.15) is 0 Å². The molecule has 2 atom stereocenters. The first-order valence-electron chi connectivity index (χ1n) is 11.3. The van der Waals surface area contributed by atoms with Crippen molar-refractivity contribution in [3.8, 4) is 5.75 Å². The van der Waals surface area contributed by atoms with Crippen LogP contribution in [0.25, 0.3) is 0 Å². The third kappa shape index (κ3) is 5.42. The number of carboxylic acids is 1. The number of aliphatic carboxylic acids is 1. The highest BCUT2D eigenvalue weighted by molar-refractivity contribution is 6.42. The molecule has 0 amide bonds. The molecular formula is C23H32Cl2N2O3. The Hall–Kier alpha value is -1.01. The summed E-state index contributed by atoms with van der Waals surface area (Å²) in [5.74, 6) is 0.752. The molecule has 0 bridgehead atoms. The van der Waals surface area contributed by atoms with Crippen molar-refractivity contribution in [1.82, 2.24) is 9.80 Å². The van der Waals surface area contributed by atoms with E-state index in [0.717, 1.165) is 76.5 Å². The van der Waals surface area contributed by atoms with Gasteiger partial charge < -0.3 is 14.7 Å². The van der Waals surface area contributed by atoms with E-state index in [4.69, 9.17) is 27.9 Å². The van der Waals surface area contributed by atoms with Crippen molar-refractivity contribution in [3.05, 3.63) is 28.2 Å². The van der Waals surface area contributed by atoms with Crippen LogP contribution in [0.1, 0.15) is 44.9 Å². The summed E-state index contributed by atoms with van der Waals surface area (Å²) in [6, 6.07) is 5.72. The molecule has 3 aliphatic rings. The maximum Gasteiger partial charge on any atom is 0.308 e. The third-order valence-electron chi connectivity index (χ3n) is 7.16. The van der Waals surface area contributed by atoms with Crippen LogP contribution >= 0.6 is 23.2 Å². The number of hydrogen-bond donors (Lipinski definition) is 1. The summed E-state index contributed by atoms with van der Waals surface area (Å²) in [4.78, 5) is 16.5. The van der Waals surface area contributed by atoms with E-state index in [2.05, 4.69) is 9.80 Å². The molecule has 1 aromatic carbocycles. The predicted octanol–water partition coefficient (Wildman–Crippen LogP) is 4.80. The van der Waals surface area contributed by atoms with Gasteiger partial charge in [0.2, 0.25) is 0 Å². The highest BCUT2D eigenvalue weighted by Crippen LogP contribution is 2.33. The molecule has 7 heteroatoms. The van der Waals surface area contributed by atoms with Gasteiger partial charge in [0.1, 0.15) is 11.9 Å². The summed E-state index contributed by atoms with van der Waals surface area (Å²) in [5.41, 5.74) is 0. The highest BCUT2D eigenvalue weighted by Gasteiger charge is 2.38. The molecule has 166 valence electrons. The van der Waals surface area contributed by atoms with E-state index in [1.165, 1.54) is 12.8 Å². The third-order valence-corrected chi connectivity index (χ3v) is 7.90. The number of halogens is 2. The molecule has 0 aromatic heterocycles. The molecular weight excluding hydrogens is 423 g/mol. The summed E-state index contributed by atoms with van der Waals surface area (Å²) < 4.78 is 6.11. The Morgan fingerprint density at radius 2 is 1.73 bits per heavy atom. The van der Waals surface area contributed by atoms with E-state index in [-0.39, 0.29) is 18.1 Å². The minimum atomic E-state index is -0.606. The zero-order valence-corrected chi connectivity index (χ0v) is 19.0. The van der Waals surface area contributed by atoms with E-state index in [9.17, 15) is 9.90 Å². The van der Waals surface area contributed by atoms with Gasteiger partial charge in [0, 0.05) is 31.7 Å². The summed E-state index contributed by atoms with van der Waals surface area (Å²) in [5, 5.41) is 10.6. The minimum absolute atomic E-state index is 0.156. The lowest BCUT2D eigenvalue weighted by Gasteiger charge is -2.40. The second-order valence-corrected chi connectivity index (χ2v) is 9.93. The zero-order valence-electron chi connectivity index (χ0n) is 17.4. The van der Waals surface area contributed by atoms with Gasteiger partial charge >= 0.3 is 5.97 Å². The van der Waals surface area contributed by atoms with E-state index < -0.39 is 5.97 Å². The van der Waals surface area contributed by atoms with E-state index in [1.807, 2.05) is 6.07 Å². The topological polar surface area (TPSA) is 53.0 Å². The van der Waals surface area contributed by atoms with Gasteiger partial charge in [-0.15, -0.1) is 0 Å². The van der Waals surface area contributed by atoms with Crippen LogP contribution in [0.5, 0.6) is 5.75 Å². The Balaban J connectivity index is 1.18. The molecule has 1 aliphatic carbocycles. The monoisotopic (exact) mass is 454 g/mol. The van der Waals surface area contributed by atoms with Crippen molar-refractivity contribution >= 4 is 29.2 Å². The van der Waals surface area contributed by atoms with Gasteiger partial charge in [-0.25, -0.2) is 0 Å². The van der Waals surface area contributed by atoms with Crippen molar-refractivity contribution < 1.29 is 14.6 Å². The zero-order chi connectivity index (χ0) is 21.1. The number of benzene rings is 1. The number of nitrogens with zero attached hydrogens (tertiary/aromatic N) is 2. The van der Waals surface area contributed by atoms with Gasteiger partial charge in [-0.3, -0.25) is 9.69 Å². The summed E-state index contributed by atoms with van der Waals surface area (Å²) in [6.45, 7) is 5.39. The molecule has 3 fully saturated rings. The second-order valence-electron chi connectivity index (χ2n) is 9.12. The lowest BCUT2D eigenvalue weighted by molar-refractivity contribution is -0.143. The van der Waals surface area contributed by atoms with Crippen molar-refractivity contribution in [3.63, 3.8) is 0 Å².